The number of hydrogen-bond acceptors (Lipinski definition) is 4. The van der Waals surface area contributed by atoms with E-state index in [1.165, 1.54) is 16.9 Å². The molecule has 5 heteroatoms. The van der Waals surface area contributed by atoms with Gasteiger partial charge in [0.05, 0.1) is 12.1 Å². The highest BCUT2D eigenvalue weighted by Crippen LogP contribution is 2.18. The molecule has 0 aliphatic heterocycles. The molecule has 3 aromatic rings. The first-order chi connectivity index (χ1) is 12.5. The first-order valence-electron chi connectivity index (χ1n) is 8.49. The largest absolute Gasteiger partial charge is 0.486 e. The fourth-order valence-electron chi connectivity index (χ4n) is 2.54. The second-order valence-corrected chi connectivity index (χ2v) is 7.30. The Hall–Kier alpha value is -2.66. The molecule has 0 aliphatic rings. The van der Waals surface area contributed by atoms with Crippen LogP contribution in [0, 0.1) is 20.8 Å². The summed E-state index contributed by atoms with van der Waals surface area (Å²) < 4.78 is 5.76. The van der Waals surface area contributed by atoms with Crippen molar-refractivity contribution >= 4 is 22.9 Å². The van der Waals surface area contributed by atoms with Gasteiger partial charge in [0.25, 0.3) is 0 Å². The van der Waals surface area contributed by atoms with Gasteiger partial charge in [-0.15, -0.1) is 11.3 Å². The molecule has 2 aromatic carbocycles. The summed E-state index contributed by atoms with van der Waals surface area (Å²) in [5.41, 5.74) is 5.11. The Kier molecular flexibility index (Phi) is 5.68. The molecule has 0 saturated heterocycles. The Labute approximate surface area is 157 Å². The molecule has 3 rings (SSSR count). The predicted molar refractivity (Wildman–Crippen MR) is 106 cm³/mol. The highest BCUT2D eigenvalue weighted by molar-refractivity contribution is 7.09. The second-order valence-electron chi connectivity index (χ2n) is 6.36. The number of aromatic nitrogens is 1. The summed E-state index contributed by atoms with van der Waals surface area (Å²) in [6, 6.07) is 13.8. The first-order valence-corrected chi connectivity index (χ1v) is 9.37. The molecular formula is C21H22N2O2S. The number of benzene rings is 2. The smallest absolute Gasteiger partial charge is 0.230 e. The number of thiazole rings is 1. The van der Waals surface area contributed by atoms with E-state index in [-0.39, 0.29) is 12.3 Å². The van der Waals surface area contributed by atoms with Crippen LogP contribution in [0.2, 0.25) is 0 Å². The summed E-state index contributed by atoms with van der Waals surface area (Å²) >= 11 is 1.51. The normalized spacial score (nSPS) is 10.6. The molecule has 134 valence electrons. The standard InChI is InChI=1S/C21H22N2O2S/c1-14-5-4-6-19(9-14)25-12-21-23-18(13-26-21)11-20(24)22-17-8-7-15(2)16(3)10-17/h4-10,13H,11-12H2,1-3H3,(H,22,24). The van der Waals surface area contributed by atoms with Gasteiger partial charge in [0.15, 0.2) is 0 Å². The maximum Gasteiger partial charge on any atom is 0.230 e. The number of ether oxygens (including phenoxy) is 1. The topological polar surface area (TPSA) is 51.2 Å². The second kappa shape index (κ2) is 8.15. The van der Waals surface area contributed by atoms with Crippen molar-refractivity contribution in [3.05, 3.63) is 75.2 Å². The lowest BCUT2D eigenvalue weighted by Crippen LogP contribution is -2.14. The molecule has 0 saturated carbocycles. The number of nitrogens with zero attached hydrogens (tertiary/aromatic N) is 1. The fraction of sp³-hybridized carbons (Fsp3) is 0.238. The number of amides is 1. The minimum Gasteiger partial charge on any atom is -0.486 e. The number of hydrogen-bond donors (Lipinski definition) is 1. The van der Waals surface area contributed by atoms with Crippen LogP contribution in [0.1, 0.15) is 27.4 Å². The number of carbonyl (C=O) groups is 1. The average molecular weight is 366 g/mol. The van der Waals surface area contributed by atoms with Crippen LogP contribution in [0.25, 0.3) is 0 Å². The van der Waals surface area contributed by atoms with Crippen molar-refractivity contribution in [2.75, 3.05) is 5.32 Å². The molecule has 0 aliphatic carbocycles. The molecule has 0 radical (unpaired) electrons. The lowest BCUT2D eigenvalue weighted by molar-refractivity contribution is -0.115. The van der Waals surface area contributed by atoms with Gasteiger partial charge in [-0.2, -0.15) is 0 Å². The van der Waals surface area contributed by atoms with Crippen molar-refractivity contribution in [1.82, 2.24) is 4.98 Å². The van der Waals surface area contributed by atoms with Gasteiger partial charge >= 0.3 is 0 Å². The molecule has 26 heavy (non-hydrogen) atoms. The van der Waals surface area contributed by atoms with Gasteiger partial charge in [-0.3, -0.25) is 4.79 Å². The minimum absolute atomic E-state index is 0.0651. The molecule has 4 nitrogen and oxygen atoms in total. The summed E-state index contributed by atoms with van der Waals surface area (Å²) in [6.45, 7) is 6.53. The van der Waals surface area contributed by atoms with Crippen LogP contribution in [0.4, 0.5) is 5.69 Å². The van der Waals surface area contributed by atoms with Gasteiger partial charge in [-0.25, -0.2) is 4.98 Å². The summed E-state index contributed by atoms with van der Waals surface area (Å²) in [5.74, 6) is 0.763. The third-order valence-electron chi connectivity index (χ3n) is 4.08. The lowest BCUT2D eigenvalue weighted by Gasteiger charge is -2.07. The Morgan fingerprint density at radius 1 is 1.12 bits per heavy atom. The number of anilines is 1. The van der Waals surface area contributed by atoms with Crippen LogP contribution in [-0.4, -0.2) is 10.9 Å². The molecular weight excluding hydrogens is 344 g/mol. The molecule has 1 heterocycles. The van der Waals surface area contributed by atoms with Crippen molar-refractivity contribution < 1.29 is 9.53 Å². The number of nitrogens with one attached hydrogen (secondary N) is 1. The molecule has 1 aromatic heterocycles. The van der Waals surface area contributed by atoms with Crippen LogP contribution in [0.15, 0.2) is 47.8 Å². The third kappa shape index (κ3) is 4.92. The van der Waals surface area contributed by atoms with Gasteiger partial charge in [0, 0.05) is 11.1 Å². The number of rotatable bonds is 6. The highest BCUT2D eigenvalue weighted by Gasteiger charge is 2.09. The highest BCUT2D eigenvalue weighted by atomic mass is 32.1. The van der Waals surface area contributed by atoms with Crippen molar-refractivity contribution in [2.45, 2.75) is 33.8 Å². The molecule has 0 spiro atoms. The van der Waals surface area contributed by atoms with Gasteiger partial charge in [0.2, 0.25) is 5.91 Å². The zero-order valence-electron chi connectivity index (χ0n) is 15.2. The fourth-order valence-corrected chi connectivity index (χ4v) is 3.24. The van der Waals surface area contributed by atoms with Gasteiger partial charge in [-0.05, 0) is 61.7 Å². The van der Waals surface area contributed by atoms with Crippen molar-refractivity contribution in [3.63, 3.8) is 0 Å². The lowest BCUT2D eigenvalue weighted by atomic mass is 10.1. The molecule has 1 N–H and O–H groups in total. The number of carbonyl (C=O) groups excluding carboxylic acids is 1. The predicted octanol–water partition coefficient (Wildman–Crippen LogP) is 4.83. The molecule has 0 atom stereocenters. The number of aryl methyl sites for hydroxylation is 3. The summed E-state index contributed by atoms with van der Waals surface area (Å²) in [6.07, 6.45) is 0.258. The Morgan fingerprint density at radius 3 is 2.73 bits per heavy atom. The van der Waals surface area contributed by atoms with Gasteiger partial charge in [0.1, 0.15) is 17.4 Å². The van der Waals surface area contributed by atoms with Crippen LogP contribution < -0.4 is 10.1 Å². The van der Waals surface area contributed by atoms with Gasteiger partial charge < -0.3 is 10.1 Å². The van der Waals surface area contributed by atoms with Crippen molar-refractivity contribution in [1.29, 1.82) is 0 Å². The van der Waals surface area contributed by atoms with E-state index in [0.29, 0.717) is 6.61 Å². The average Bonchev–Trinajstić information content (AvgIpc) is 3.04. The van der Waals surface area contributed by atoms with E-state index in [9.17, 15) is 4.79 Å². The quantitative estimate of drug-likeness (QED) is 0.680. The summed E-state index contributed by atoms with van der Waals surface area (Å²) in [5, 5.41) is 5.70. The molecule has 0 bridgehead atoms. The van der Waals surface area contributed by atoms with E-state index >= 15 is 0 Å². The molecule has 1 amide bonds. The molecule has 0 unspecified atom stereocenters. The van der Waals surface area contributed by atoms with Crippen LogP contribution in [-0.2, 0) is 17.8 Å². The van der Waals surface area contributed by atoms with E-state index in [2.05, 4.69) is 17.2 Å². The first kappa shape index (κ1) is 18.1. The monoisotopic (exact) mass is 366 g/mol. The maximum absolute atomic E-state index is 12.2. The summed E-state index contributed by atoms with van der Waals surface area (Å²) in [7, 11) is 0. The maximum atomic E-state index is 12.2. The molecule has 0 fully saturated rings. The minimum atomic E-state index is -0.0651. The van der Waals surface area contributed by atoms with Crippen molar-refractivity contribution in [2.24, 2.45) is 0 Å². The SMILES string of the molecule is Cc1cccc(OCc2nc(CC(=O)Nc3ccc(C)c(C)c3)cs2)c1. The van der Waals surface area contributed by atoms with E-state index in [4.69, 9.17) is 4.74 Å². The van der Waals surface area contributed by atoms with Crippen LogP contribution in [0.5, 0.6) is 5.75 Å². The zero-order valence-corrected chi connectivity index (χ0v) is 16.0. The van der Waals surface area contributed by atoms with Crippen LogP contribution >= 0.6 is 11.3 Å². The van der Waals surface area contributed by atoms with E-state index in [0.717, 1.165) is 33.3 Å². The van der Waals surface area contributed by atoms with E-state index < -0.39 is 0 Å². The van der Waals surface area contributed by atoms with Gasteiger partial charge in [-0.1, -0.05) is 18.2 Å². The van der Waals surface area contributed by atoms with Crippen molar-refractivity contribution in [3.8, 4) is 5.75 Å². The Morgan fingerprint density at radius 2 is 1.96 bits per heavy atom. The Balaban J connectivity index is 1.54. The zero-order chi connectivity index (χ0) is 18.5. The third-order valence-corrected chi connectivity index (χ3v) is 4.95. The Bertz CT molecular complexity index is 918. The van der Waals surface area contributed by atoms with E-state index in [1.807, 2.05) is 61.7 Å². The van der Waals surface area contributed by atoms with E-state index in [1.54, 1.807) is 0 Å². The summed E-state index contributed by atoms with van der Waals surface area (Å²) in [4.78, 5) is 16.7. The van der Waals surface area contributed by atoms with Crippen LogP contribution in [0.3, 0.4) is 0 Å².